The molecule has 2 aromatic rings. The molecule has 0 fully saturated rings. The third-order valence-corrected chi connectivity index (χ3v) is 3.24. The van der Waals surface area contributed by atoms with E-state index in [0.717, 1.165) is 24.2 Å². The van der Waals surface area contributed by atoms with Gasteiger partial charge in [-0.05, 0) is 41.8 Å². The van der Waals surface area contributed by atoms with E-state index in [9.17, 15) is 4.79 Å². The minimum atomic E-state index is -0.325. The molecule has 21 heavy (non-hydrogen) atoms. The highest BCUT2D eigenvalue weighted by Gasteiger charge is 2.04. The van der Waals surface area contributed by atoms with E-state index in [1.165, 1.54) is 12.7 Å². The van der Waals surface area contributed by atoms with Gasteiger partial charge < -0.3 is 9.47 Å². The zero-order valence-electron chi connectivity index (χ0n) is 12.5. The van der Waals surface area contributed by atoms with Crippen LogP contribution in [0, 0.1) is 0 Å². The van der Waals surface area contributed by atoms with Crippen molar-refractivity contribution in [3.63, 3.8) is 0 Å². The quantitative estimate of drug-likeness (QED) is 0.752. The molecule has 0 radical (unpaired) electrons. The molecule has 0 unspecified atom stereocenters. The van der Waals surface area contributed by atoms with Crippen molar-refractivity contribution in [1.29, 1.82) is 0 Å². The van der Waals surface area contributed by atoms with Gasteiger partial charge in [0.05, 0.1) is 12.7 Å². The molecule has 0 bridgehead atoms. The summed E-state index contributed by atoms with van der Waals surface area (Å²) < 4.78 is 10.4. The van der Waals surface area contributed by atoms with Gasteiger partial charge in [0.15, 0.2) is 0 Å². The van der Waals surface area contributed by atoms with Crippen LogP contribution in [0.25, 0.3) is 0 Å². The molecule has 0 saturated carbocycles. The van der Waals surface area contributed by atoms with Gasteiger partial charge in [0.25, 0.3) is 0 Å². The Labute approximate surface area is 125 Å². The number of carbonyl (C=O) groups is 1. The second-order valence-electron chi connectivity index (χ2n) is 4.87. The van der Waals surface area contributed by atoms with E-state index in [1.54, 1.807) is 12.1 Å². The summed E-state index contributed by atoms with van der Waals surface area (Å²) in [5, 5.41) is 0. The number of hydrogen-bond donors (Lipinski definition) is 0. The van der Waals surface area contributed by atoms with Crippen molar-refractivity contribution in [3.8, 4) is 5.75 Å². The third-order valence-electron chi connectivity index (χ3n) is 3.24. The second kappa shape index (κ2) is 7.48. The van der Waals surface area contributed by atoms with Crippen LogP contribution in [0.4, 0.5) is 0 Å². The third kappa shape index (κ3) is 4.35. The van der Waals surface area contributed by atoms with Crippen molar-refractivity contribution in [1.82, 2.24) is 0 Å². The summed E-state index contributed by atoms with van der Waals surface area (Å²) in [5.74, 6) is 0.529. The number of rotatable bonds is 6. The van der Waals surface area contributed by atoms with Gasteiger partial charge in [-0.25, -0.2) is 4.79 Å². The lowest BCUT2D eigenvalue weighted by molar-refractivity contribution is 0.0600. The zero-order valence-corrected chi connectivity index (χ0v) is 12.5. The average molecular weight is 284 g/mol. The van der Waals surface area contributed by atoms with Crippen molar-refractivity contribution < 1.29 is 14.3 Å². The smallest absolute Gasteiger partial charge is 0.337 e. The highest BCUT2D eigenvalue weighted by molar-refractivity contribution is 5.89. The lowest BCUT2D eigenvalue weighted by Gasteiger charge is -2.08. The van der Waals surface area contributed by atoms with Gasteiger partial charge >= 0.3 is 5.97 Å². The van der Waals surface area contributed by atoms with Crippen LogP contribution in [-0.2, 0) is 17.8 Å². The van der Waals surface area contributed by atoms with Gasteiger partial charge in [0.1, 0.15) is 12.4 Å². The van der Waals surface area contributed by atoms with Crippen molar-refractivity contribution in [2.45, 2.75) is 26.4 Å². The van der Waals surface area contributed by atoms with Crippen LogP contribution in [0.3, 0.4) is 0 Å². The van der Waals surface area contributed by atoms with Gasteiger partial charge in [-0.2, -0.15) is 0 Å². The molecule has 0 aromatic heterocycles. The normalized spacial score (nSPS) is 10.2. The first-order valence-electron chi connectivity index (χ1n) is 7.12. The van der Waals surface area contributed by atoms with E-state index in [4.69, 9.17) is 4.74 Å². The van der Waals surface area contributed by atoms with E-state index < -0.39 is 0 Å². The van der Waals surface area contributed by atoms with Crippen molar-refractivity contribution in [2.75, 3.05) is 7.11 Å². The Hall–Kier alpha value is -2.29. The zero-order chi connectivity index (χ0) is 15.1. The van der Waals surface area contributed by atoms with Crippen molar-refractivity contribution >= 4 is 5.97 Å². The molecule has 3 heteroatoms. The molecule has 0 heterocycles. The lowest BCUT2D eigenvalue weighted by atomic mass is 10.1. The molecule has 3 nitrogen and oxygen atoms in total. The minimum absolute atomic E-state index is 0.325. The maximum absolute atomic E-state index is 11.3. The standard InChI is InChI=1S/C18H20O3/c1-3-4-14-7-11-17(12-8-14)21-13-15-5-9-16(10-6-15)18(19)20-2/h5-12H,3-4,13H2,1-2H3. The van der Waals surface area contributed by atoms with Gasteiger partial charge in [-0.1, -0.05) is 37.6 Å². The predicted octanol–water partition coefficient (Wildman–Crippen LogP) is 4.00. The number of carbonyl (C=O) groups excluding carboxylic acids is 1. The molecular formula is C18H20O3. The molecule has 0 spiro atoms. The van der Waals surface area contributed by atoms with Crippen LogP contribution in [0.1, 0.15) is 34.8 Å². The van der Waals surface area contributed by atoms with E-state index in [-0.39, 0.29) is 5.97 Å². The Morgan fingerprint density at radius 3 is 2.14 bits per heavy atom. The van der Waals surface area contributed by atoms with Crippen LogP contribution in [0.5, 0.6) is 5.75 Å². The number of methoxy groups -OCH3 is 1. The van der Waals surface area contributed by atoms with E-state index >= 15 is 0 Å². The Morgan fingerprint density at radius 2 is 1.57 bits per heavy atom. The summed E-state index contributed by atoms with van der Waals surface area (Å²) in [6, 6.07) is 15.4. The first-order chi connectivity index (χ1) is 10.2. The molecule has 2 aromatic carbocycles. The van der Waals surface area contributed by atoms with Crippen LogP contribution in [0.2, 0.25) is 0 Å². The van der Waals surface area contributed by atoms with Gasteiger partial charge in [-0.15, -0.1) is 0 Å². The SMILES string of the molecule is CCCc1ccc(OCc2ccc(C(=O)OC)cc2)cc1. The van der Waals surface area contributed by atoms with E-state index in [2.05, 4.69) is 23.8 Å². The Kier molecular flexibility index (Phi) is 5.38. The lowest BCUT2D eigenvalue weighted by Crippen LogP contribution is -2.02. The molecule has 0 aliphatic heterocycles. The fourth-order valence-electron chi connectivity index (χ4n) is 2.06. The van der Waals surface area contributed by atoms with E-state index in [1.807, 2.05) is 24.3 Å². The maximum Gasteiger partial charge on any atom is 0.337 e. The fourth-order valence-corrected chi connectivity index (χ4v) is 2.06. The van der Waals surface area contributed by atoms with Gasteiger partial charge in [-0.3, -0.25) is 0 Å². The topological polar surface area (TPSA) is 35.5 Å². The monoisotopic (exact) mass is 284 g/mol. The molecule has 0 amide bonds. The molecule has 110 valence electrons. The average Bonchev–Trinajstić information content (AvgIpc) is 2.54. The van der Waals surface area contributed by atoms with Crippen LogP contribution < -0.4 is 4.74 Å². The molecule has 0 N–H and O–H groups in total. The number of benzene rings is 2. The molecule has 0 atom stereocenters. The maximum atomic E-state index is 11.3. The first kappa shape index (κ1) is 15.1. The van der Waals surface area contributed by atoms with E-state index in [0.29, 0.717) is 12.2 Å². The summed E-state index contributed by atoms with van der Waals surface area (Å²) in [4.78, 5) is 11.3. The summed E-state index contributed by atoms with van der Waals surface area (Å²) >= 11 is 0. The summed E-state index contributed by atoms with van der Waals surface area (Å²) in [6.07, 6.45) is 2.24. The fraction of sp³-hybridized carbons (Fsp3) is 0.278. The molecule has 0 aliphatic rings. The highest BCUT2D eigenvalue weighted by Crippen LogP contribution is 2.15. The van der Waals surface area contributed by atoms with Crippen molar-refractivity contribution in [3.05, 3.63) is 65.2 Å². The van der Waals surface area contributed by atoms with Gasteiger partial charge in [0.2, 0.25) is 0 Å². The Balaban J connectivity index is 1.91. The van der Waals surface area contributed by atoms with Crippen molar-refractivity contribution in [2.24, 2.45) is 0 Å². The Bertz CT molecular complexity index is 570. The second-order valence-corrected chi connectivity index (χ2v) is 4.87. The number of hydrogen-bond acceptors (Lipinski definition) is 3. The molecule has 0 aliphatic carbocycles. The Morgan fingerprint density at radius 1 is 0.952 bits per heavy atom. The molecule has 0 saturated heterocycles. The largest absolute Gasteiger partial charge is 0.489 e. The summed E-state index contributed by atoms with van der Waals surface area (Å²) in [7, 11) is 1.38. The number of aryl methyl sites for hydroxylation is 1. The van der Waals surface area contributed by atoms with Crippen LogP contribution in [0.15, 0.2) is 48.5 Å². The van der Waals surface area contributed by atoms with Gasteiger partial charge in [0, 0.05) is 0 Å². The van der Waals surface area contributed by atoms with Crippen LogP contribution in [-0.4, -0.2) is 13.1 Å². The molecule has 2 rings (SSSR count). The first-order valence-corrected chi connectivity index (χ1v) is 7.12. The summed E-state index contributed by atoms with van der Waals surface area (Å²) in [5.41, 5.74) is 2.89. The summed E-state index contributed by atoms with van der Waals surface area (Å²) in [6.45, 7) is 2.65. The van der Waals surface area contributed by atoms with Crippen LogP contribution >= 0.6 is 0 Å². The highest BCUT2D eigenvalue weighted by atomic mass is 16.5. The molecular weight excluding hydrogens is 264 g/mol. The number of ether oxygens (including phenoxy) is 2. The number of esters is 1. The predicted molar refractivity (Wildman–Crippen MR) is 82.6 cm³/mol. The minimum Gasteiger partial charge on any atom is -0.489 e.